The van der Waals surface area contributed by atoms with E-state index in [4.69, 9.17) is 9.97 Å². The van der Waals surface area contributed by atoms with E-state index in [1.807, 2.05) is 31.1 Å². The van der Waals surface area contributed by atoms with Crippen LogP contribution >= 0.6 is 0 Å². The number of amides is 1. The number of fused-ring (bicyclic) bond motifs is 1. The molecule has 1 aromatic carbocycles. The van der Waals surface area contributed by atoms with Crippen molar-refractivity contribution in [2.24, 2.45) is 0 Å². The van der Waals surface area contributed by atoms with Crippen molar-refractivity contribution in [3.8, 4) is 17.5 Å². The van der Waals surface area contributed by atoms with Crippen LogP contribution in [-0.2, 0) is 13.0 Å². The highest BCUT2D eigenvalue weighted by atomic mass is 16.2. The minimum Gasteiger partial charge on any atom is -0.362 e. The van der Waals surface area contributed by atoms with E-state index in [-0.39, 0.29) is 5.91 Å². The van der Waals surface area contributed by atoms with Gasteiger partial charge in [0.2, 0.25) is 0 Å². The summed E-state index contributed by atoms with van der Waals surface area (Å²) >= 11 is 0. The second kappa shape index (κ2) is 7.68. The molecule has 0 N–H and O–H groups in total. The van der Waals surface area contributed by atoms with Gasteiger partial charge in [0.25, 0.3) is 5.91 Å². The van der Waals surface area contributed by atoms with E-state index in [9.17, 15) is 10.1 Å². The highest BCUT2D eigenvalue weighted by molar-refractivity contribution is 5.96. The summed E-state index contributed by atoms with van der Waals surface area (Å²) < 4.78 is 0. The first-order valence-electron chi connectivity index (χ1n) is 9.34. The smallest absolute Gasteiger partial charge is 0.255 e. The molecule has 0 atom stereocenters. The number of hydrogen-bond donors (Lipinski definition) is 0. The lowest BCUT2D eigenvalue weighted by Crippen LogP contribution is -2.37. The van der Waals surface area contributed by atoms with Crippen LogP contribution in [0.2, 0.25) is 0 Å². The standard InChI is InChI=1S/C22H20N6O/c1-27(2)21-18-9-12-28(22(29)17-6-4-3-5-16(17)13-23)14-19(18)25-20(26-21)15-7-10-24-11-8-15/h3-8,10-11H,9,12,14H2,1-2H3. The van der Waals surface area contributed by atoms with Gasteiger partial charge in [-0.05, 0) is 30.7 Å². The summed E-state index contributed by atoms with van der Waals surface area (Å²) in [4.78, 5) is 30.4. The van der Waals surface area contributed by atoms with Crippen LogP contribution in [0.5, 0.6) is 0 Å². The fourth-order valence-corrected chi connectivity index (χ4v) is 3.52. The molecule has 2 aromatic heterocycles. The Bertz CT molecular complexity index is 1100. The Morgan fingerprint density at radius 2 is 1.90 bits per heavy atom. The van der Waals surface area contributed by atoms with Crippen molar-refractivity contribution in [3.05, 3.63) is 71.2 Å². The molecule has 1 aliphatic rings. The van der Waals surface area contributed by atoms with Crippen LogP contribution in [0.25, 0.3) is 11.4 Å². The Kier molecular flexibility index (Phi) is 4.92. The van der Waals surface area contributed by atoms with Gasteiger partial charge in [-0.1, -0.05) is 12.1 Å². The van der Waals surface area contributed by atoms with Gasteiger partial charge >= 0.3 is 0 Å². The van der Waals surface area contributed by atoms with Crippen molar-refractivity contribution in [1.29, 1.82) is 5.26 Å². The highest BCUT2D eigenvalue weighted by Crippen LogP contribution is 2.29. The summed E-state index contributed by atoms with van der Waals surface area (Å²) in [6.45, 7) is 0.944. The number of nitrogens with zero attached hydrogens (tertiary/aromatic N) is 6. The second-order valence-corrected chi connectivity index (χ2v) is 7.06. The van der Waals surface area contributed by atoms with Gasteiger partial charge in [0.05, 0.1) is 29.4 Å². The maximum Gasteiger partial charge on any atom is 0.255 e. The summed E-state index contributed by atoms with van der Waals surface area (Å²) in [6.07, 6.45) is 4.09. The number of anilines is 1. The summed E-state index contributed by atoms with van der Waals surface area (Å²) in [5.41, 5.74) is 3.59. The third kappa shape index (κ3) is 3.52. The molecular formula is C22H20N6O. The van der Waals surface area contributed by atoms with Crippen LogP contribution in [0.15, 0.2) is 48.8 Å². The van der Waals surface area contributed by atoms with Gasteiger partial charge in [0, 0.05) is 44.2 Å². The van der Waals surface area contributed by atoms with Crippen LogP contribution in [0.4, 0.5) is 5.82 Å². The number of hydrogen-bond acceptors (Lipinski definition) is 6. The number of benzene rings is 1. The predicted octanol–water partition coefficient (Wildman–Crippen LogP) is 2.67. The molecule has 1 amide bonds. The van der Waals surface area contributed by atoms with Crippen molar-refractivity contribution in [2.75, 3.05) is 25.5 Å². The molecule has 0 saturated heterocycles. The summed E-state index contributed by atoms with van der Waals surface area (Å²) in [7, 11) is 3.92. The minimum absolute atomic E-state index is 0.150. The van der Waals surface area contributed by atoms with Gasteiger partial charge < -0.3 is 9.80 Å². The molecule has 0 aliphatic carbocycles. The van der Waals surface area contributed by atoms with Crippen molar-refractivity contribution >= 4 is 11.7 Å². The third-order valence-corrected chi connectivity index (χ3v) is 4.97. The first kappa shape index (κ1) is 18.6. The van der Waals surface area contributed by atoms with Gasteiger partial charge in [-0.25, -0.2) is 9.97 Å². The van der Waals surface area contributed by atoms with Crippen molar-refractivity contribution in [2.45, 2.75) is 13.0 Å². The molecule has 0 saturated carbocycles. The molecule has 7 heteroatoms. The molecule has 29 heavy (non-hydrogen) atoms. The Morgan fingerprint density at radius 3 is 2.62 bits per heavy atom. The van der Waals surface area contributed by atoms with E-state index in [0.717, 1.165) is 22.6 Å². The predicted molar refractivity (Wildman–Crippen MR) is 109 cm³/mol. The molecular weight excluding hydrogens is 364 g/mol. The average Bonchev–Trinajstić information content (AvgIpc) is 2.77. The second-order valence-electron chi connectivity index (χ2n) is 7.06. The first-order valence-corrected chi connectivity index (χ1v) is 9.34. The van der Waals surface area contributed by atoms with E-state index in [1.165, 1.54) is 0 Å². The molecule has 3 aromatic rings. The molecule has 7 nitrogen and oxygen atoms in total. The van der Waals surface area contributed by atoms with Crippen LogP contribution in [0.3, 0.4) is 0 Å². The molecule has 0 spiro atoms. The van der Waals surface area contributed by atoms with E-state index in [0.29, 0.717) is 36.5 Å². The van der Waals surface area contributed by atoms with Gasteiger partial charge in [-0.3, -0.25) is 9.78 Å². The zero-order valence-corrected chi connectivity index (χ0v) is 16.3. The highest BCUT2D eigenvalue weighted by Gasteiger charge is 2.27. The van der Waals surface area contributed by atoms with Crippen LogP contribution in [-0.4, -0.2) is 46.4 Å². The lowest BCUT2D eigenvalue weighted by Gasteiger charge is -2.31. The van der Waals surface area contributed by atoms with Crippen molar-refractivity contribution in [1.82, 2.24) is 19.9 Å². The number of rotatable bonds is 3. The third-order valence-electron chi connectivity index (χ3n) is 4.97. The Morgan fingerprint density at radius 1 is 1.14 bits per heavy atom. The summed E-state index contributed by atoms with van der Waals surface area (Å²) in [5, 5.41) is 9.33. The van der Waals surface area contributed by atoms with Crippen LogP contribution in [0.1, 0.15) is 27.2 Å². The van der Waals surface area contributed by atoms with E-state index in [1.54, 1.807) is 41.6 Å². The zero-order chi connectivity index (χ0) is 20.4. The molecule has 0 fully saturated rings. The lowest BCUT2D eigenvalue weighted by atomic mass is 10.0. The molecule has 0 bridgehead atoms. The summed E-state index contributed by atoms with van der Waals surface area (Å²) in [5.74, 6) is 1.33. The maximum absolute atomic E-state index is 13.1. The molecule has 3 heterocycles. The van der Waals surface area contributed by atoms with Crippen molar-refractivity contribution < 1.29 is 4.79 Å². The molecule has 0 unspecified atom stereocenters. The monoisotopic (exact) mass is 384 g/mol. The lowest BCUT2D eigenvalue weighted by molar-refractivity contribution is 0.0731. The van der Waals surface area contributed by atoms with Gasteiger partial charge in [0.1, 0.15) is 5.82 Å². The Balaban J connectivity index is 1.72. The van der Waals surface area contributed by atoms with Gasteiger partial charge in [0.15, 0.2) is 5.82 Å². The van der Waals surface area contributed by atoms with Crippen LogP contribution in [0, 0.1) is 11.3 Å². The molecule has 144 valence electrons. The zero-order valence-electron chi connectivity index (χ0n) is 16.3. The Hall–Kier alpha value is -3.79. The fourth-order valence-electron chi connectivity index (χ4n) is 3.52. The topological polar surface area (TPSA) is 86.0 Å². The molecule has 1 aliphatic heterocycles. The largest absolute Gasteiger partial charge is 0.362 e. The van der Waals surface area contributed by atoms with E-state index < -0.39 is 0 Å². The maximum atomic E-state index is 13.1. The molecule has 0 radical (unpaired) electrons. The van der Waals surface area contributed by atoms with Gasteiger partial charge in [-0.15, -0.1) is 0 Å². The summed E-state index contributed by atoms with van der Waals surface area (Å²) in [6, 6.07) is 12.7. The quantitative estimate of drug-likeness (QED) is 0.690. The van der Waals surface area contributed by atoms with E-state index >= 15 is 0 Å². The number of aromatic nitrogens is 3. The fraction of sp³-hybridized carbons (Fsp3) is 0.227. The number of carbonyl (C=O) groups is 1. The number of pyridine rings is 1. The van der Waals surface area contributed by atoms with Crippen LogP contribution < -0.4 is 4.90 Å². The number of nitriles is 1. The average molecular weight is 384 g/mol. The molecule has 4 rings (SSSR count). The van der Waals surface area contributed by atoms with E-state index in [2.05, 4.69) is 11.1 Å². The Labute approximate surface area is 169 Å². The van der Waals surface area contributed by atoms with Gasteiger partial charge in [-0.2, -0.15) is 5.26 Å². The normalized spacial score (nSPS) is 12.8. The minimum atomic E-state index is -0.150. The first-order chi connectivity index (χ1) is 14.1. The number of carbonyl (C=O) groups excluding carboxylic acids is 1. The van der Waals surface area contributed by atoms with Crippen molar-refractivity contribution in [3.63, 3.8) is 0 Å². The SMILES string of the molecule is CN(C)c1nc(-c2ccncc2)nc2c1CCN(C(=O)c1ccccc1C#N)C2.